The third-order valence-electron chi connectivity index (χ3n) is 3.76. The minimum Gasteiger partial charge on any atom is -0.323 e. The summed E-state index contributed by atoms with van der Waals surface area (Å²) in [7, 11) is 0. The van der Waals surface area contributed by atoms with E-state index in [1.807, 2.05) is 13.8 Å². The molecule has 0 spiro atoms. The van der Waals surface area contributed by atoms with Crippen LogP contribution in [0.4, 0.5) is 10.1 Å². The maximum absolute atomic E-state index is 13.1. The fraction of sp³-hybridized carbons (Fsp3) is 0.412. The Balaban J connectivity index is 1.93. The van der Waals surface area contributed by atoms with Crippen LogP contribution < -0.4 is 5.32 Å². The van der Waals surface area contributed by atoms with E-state index in [0.29, 0.717) is 24.0 Å². The Morgan fingerprint density at radius 3 is 2.64 bits per heavy atom. The van der Waals surface area contributed by atoms with E-state index < -0.39 is 0 Å². The van der Waals surface area contributed by atoms with E-state index in [9.17, 15) is 9.18 Å². The number of benzene rings is 1. The van der Waals surface area contributed by atoms with Crippen LogP contribution in [0.1, 0.15) is 44.7 Å². The van der Waals surface area contributed by atoms with Crippen LogP contribution in [0.15, 0.2) is 24.3 Å². The Hall–Kier alpha value is -2.17. The lowest BCUT2D eigenvalue weighted by Crippen LogP contribution is -2.15. The number of anilines is 1. The first kappa shape index (κ1) is 14.8. The number of nitrogens with zero attached hydrogens (tertiary/aromatic N) is 1. The number of hydrogen-bond donors (Lipinski definition) is 2. The van der Waals surface area contributed by atoms with Gasteiger partial charge in [0.2, 0.25) is 5.91 Å². The summed E-state index contributed by atoms with van der Waals surface area (Å²) in [6, 6.07) is 6.17. The first-order valence-electron chi connectivity index (χ1n) is 7.68. The van der Waals surface area contributed by atoms with Crippen LogP contribution in [-0.2, 0) is 4.79 Å². The highest BCUT2D eigenvalue weighted by atomic mass is 19.1. The topological polar surface area (TPSA) is 57.8 Å². The lowest BCUT2D eigenvalue weighted by atomic mass is 10.1. The molecular formula is C17H20FN3O. The largest absolute Gasteiger partial charge is 0.323 e. The molecule has 1 fully saturated rings. The summed E-state index contributed by atoms with van der Waals surface area (Å²) < 4.78 is 13.1. The number of carbonyl (C=O) groups excluding carboxylic acids is 1. The fourth-order valence-electron chi connectivity index (χ4n) is 2.53. The predicted molar refractivity (Wildman–Crippen MR) is 84.0 cm³/mol. The van der Waals surface area contributed by atoms with E-state index in [2.05, 4.69) is 15.5 Å². The third kappa shape index (κ3) is 3.18. The zero-order chi connectivity index (χ0) is 15.7. The number of amides is 1. The molecule has 2 aromatic rings. The van der Waals surface area contributed by atoms with Crippen molar-refractivity contribution < 1.29 is 9.18 Å². The van der Waals surface area contributed by atoms with Gasteiger partial charge in [0.1, 0.15) is 11.5 Å². The Morgan fingerprint density at radius 2 is 2.05 bits per heavy atom. The van der Waals surface area contributed by atoms with E-state index in [0.717, 1.165) is 29.8 Å². The molecule has 3 rings (SSSR count). The standard InChI is InChI=1S/C17H20FN3O/c1-10(2)9-14(22)19-17-15(11-3-4-11)20-21-16(17)12-5-7-13(18)8-6-12/h5-8,10-11H,3-4,9H2,1-2H3,(H,19,22)(H,20,21). The lowest BCUT2D eigenvalue weighted by Gasteiger charge is -2.09. The van der Waals surface area contributed by atoms with Crippen molar-refractivity contribution in [3.63, 3.8) is 0 Å². The number of aromatic amines is 1. The Labute approximate surface area is 129 Å². The maximum atomic E-state index is 13.1. The summed E-state index contributed by atoms with van der Waals surface area (Å²) in [5.74, 6) is 0.440. The predicted octanol–water partition coefficient (Wildman–Crippen LogP) is 4.08. The molecule has 0 bridgehead atoms. The summed E-state index contributed by atoms with van der Waals surface area (Å²) in [5, 5.41) is 10.4. The van der Waals surface area contributed by atoms with E-state index in [1.54, 1.807) is 12.1 Å². The minimum absolute atomic E-state index is 0.0124. The average Bonchev–Trinajstić information content (AvgIpc) is 3.21. The third-order valence-corrected chi connectivity index (χ3v) is 3.76. The molecule has 1 aromatic heterocycles. The smallest absolute Gasteiger partial charge is 0.224 e. The molecule has 116 valence electrons. The van der Waals surface area contributed by atoms with Crippen molar-refractivity contribution in [2.75, 3.05) is 5.32 Å². The molecule has 0 aliphatic heterocycles. The number of H-pyrrole nitrogens is 1. The zero-order valence-electron chi connectivity index (χ0n) is 12.8. The van der Waals surface area contributed by atoms with E-state index in [1.165, 1.54) is 12.1 Å². The van der Waals surface area contributed by atoms with Crippen LogP contribution in [0.2, 0.25) is 0 Å². The molecule has 22 heavy (non-hydrogen) atoms. The molecule has 0 radical (unpaired) electrons. The fourth-order valence-corrected chi connectivity index (χ4v) is 2.53. The highest BCUT2D eigenvalue weighted by Crippen LogP contribution is 2.45. The van der Waals surface area contributed by atoms with Crippen LogP contribution in [0.5, 0.6) is 0 Å². The second kappa shape index (κ2) is 5.91. The van der Waals surface area contributed by atoms with E-state index in [4.69, 9.17) is 0 Å². The van der Waals surface area contributed by atoms with Gasteiger partial charge in [0.25, 0.3) is 0 Å². The van der Waals surface area contributed by atoms with Crippen LogP contribution in [0, 0.1) is 11.7 Å². The number of halogens is 1. The molecule has 0 unspecified atom stereocenters. The van der Waals surface area contributed by atoms with Crippen molar-refractivity contribution in [1.82, 2.24) is 10.2 Å². The van der Waals surface area contributed by atoms with Gasteiger partial charge in [0.15, 0.2) is 0 Å². The number of nitrogens with one attached hydrogen (secondary N) is 2. The lowest BCUT2D eigenvalue weighted by molar-refractivity contribution is -0.116. The average molecular weight is 301 g/mol. The summed E-state index contributed by atoms with van der Waals surface area (Å²) in [5.41, 5.74) is 3.21. The number of rotatable bonds is 5. The van der Waals surface area contributed by atoms with Crippen LogP contribution in [0.3, 0.4) is 0 Å². The molecule has 5 heteroatoms. The quantitative estimate of drug-likeness (QED) is 0.874. The molecule has 1 heterocycles. The van der Waals surface area contributed by atoms with Crippen LogP contribution in [0.25, 0.3) is 11.3 Å². The van der Waals surface area contributed by atoms with Crippen molar-refractivity contribution in [2.45, 2.75) is 39.0 Å². The number of aromatic nitrogens is 2. The molecular weight excluding hydrogens is 281 g/mol. The van der Waals surface area contributed by atoms with Gasteiger partial charge in [-0.1, -0.05) is 13.8 Å². The first-order chi connectivity index (χ1) is 10.5. The monoisotopic (exact) mass is 301 g/mol. The summed E-state index contributed by atoms with van der Waals surface area (Å²) >= 11 is 0. The molecule has 0 saturated heterocycles. The molecule has 1 saturated carbocycles. The maximum Gasteiger partial charge on any atom is 0.224 e. The summed E-state index contributed by atoms with van der Waals surface area (Å²) in [6.45, 7) is 4.02. The van der Waals surface area contributed by atoms with Gasteiger partial charge in [-0.05, 0) is 43.0 Å². The summed E-state index contributed by atoms with van der Waals surface area (Å²) in [6.07, 6.45) is 2.69. The molecule has 1 aliphatic carbocycles. The second-order valence-corrected chi connectivity index (χ2v) is 6.29. The van der Waals surface area contributed by atoms with Crippen LogP contribution >= 0.6 is 0 Å². The SMILES string of the molecule is CC(C)CC(=O)Nc1c(-c2ccc(F)cc2)n[nH]c1C1CC1. The highest BCUT2D eigenvalue weighted by Gasteiger charge is 2.30. The van der Waals surface area contributed by atoms with Crippen molar-refractivity contribution in [3.8, 4) is 11.3 Å². The van der Waals surface area contributed by atoms with Crippen molar-refractivity contribution in [3.05, 3.63) is 35.8 Å². The molecule has 1 aliphatic rings. The van der Waals surface area contributed by atoms with Crippen LogP contribution in [-0.4, -0.2) is 16.1 Å². The molecule has 2 N–H and O–H groups in total. The normalized spacial score (nSPS) is 14.4. The highest BCUT2D eigenvalue weighted by molar-refractivity contribution is 5.95. The van der Waals surface area contributed by atoms with Gasteiger partial charge in [0, 0.05) is 17.9 Å². The first-order valence-corrected chi connectivity index (χ1v) is 7.68. The van der Waals surface area contributed by atoms with Gasteiger partial charge in [-0.15, -0.1) is 0 Å². The van der Waals surface area contributed by atoms with Gasteiger partial charge in [0.05, 0.1) is 11.4 Å². The Bertz CT molecular complexity index is 672. The molecule has 1 aromatic carbocycles. The molecule has 0 atom stereocenters. The van der Waals surface area contributed by atoms with Crippen molar-refractivity contribution >= 4 is 11.6 Å². The van der Waals surface area contributed by atoms with E-state index in [-0.39, 0.29) is 11.7 Å². The van der Waals surface area contributed by atoms with E-state index >= 15 is 0 Å². The zero-order valence-corrected chi connectivity index (χ0v) is 12.8. The molecule has 1 amide bonds. The Kier molecular flexibility index (Phi) is 3.96. The van der Waals surface area contributed by atoms with Gasteiger partial charge in [-0.3, -0.25) is 9.89 Å². The Morgan fingerprint density at radius 1 is 1.36 bits per heavy atom. The number of carbonyl (C=O) groups is 1. The van der Waals surface area contributed by atoms with Gasteiger partial charge in [-0.25, -0.2) is 4.39 Å². The van der Waals surface area contributed by atoms with Crippen molar-refractivity contribution in [1.29, 1.82) is 0 Å². The van der Waals surface area contributed by atoms with Crippen molar-refractivity contribution in [2.24, 2.45) is 5.92 Å². The van der Waals surface area contributed by atoms with Gasteiger partial charge < -0.3 is 5.32 Å². The second-order valence-electron chi connectivity index (χ2n) is 6.29. The number of hydrogen-bond acceptors (Lipinski definition) is 2. The molecule has 4 nitrogen and oxygen atoms in total. The minimum atomic E-state index is -0.285. The summed E-state index contributed by atoms with van der Waals surface area (Å²) in [4.78, 5) is 12.1. The van der Waals surface area contributed by atoms with Gasteiger partial charge in [-0.2, -0.15) is 5.10 Å². The van der Waals surface area contributed by atoms with Gasteiger partial charge >= 0.3 is 0 Å².